The molecule has 0 radical (unpaired) electrons. The molecule has 0 spiro atoms. The first-order chi connectivity index (χ1) is 33.6. The van der Waals surface area contributed by atoms with E-state index < -0.39 is 0 Å². The maximum absolute atomic E-state index is 5.34. The van der Waals surface area contributed by atoms with Crippen LogP contribution in [0.4, 0.5) is 0 Å². The van der Waals surface area contributed by atoms with Gasteiger partial charge in [0.25, 0.3) is 0 Å². The minimum Gasteiger partial charge on any atom is -0.309 e. The van der Waals surface area contributed by atoms with Gasteiger partial charge in [0.05, 0.1) is 22.1 Å². The molecule has 332 valence electrons. The molecule has 5 nitrogen and oxygen atoms in total. The summed E-state index contributed by atoms with van der Waals surface area (Å²) in [6.07, 6.45) is 1.18. The number of para-hydroxylation sites is 2. The Balaban J connectivity index is 0.939. The molecule has 5 heteroatoms. The van der Waals surface area contributed by atoms with Crippen LogP contribution in [0.25, 0.3) is 111 Å². The van der Waals surface area contributed by atoms with Gasteiger partial charge in [-0.25, -0.2) is 4.98 Å². The maximum atomic E-state index is 5.34. The minimum atomic E-state index is 0.105. The van der Waals surface area contributed by atoms with Gasteiger partial charge in [-0.1, -0.05) is 198 Å². The van der Waals surface area contributed by atoms with Crippen LogP contribution in [0.1, 0.15) is 52.2 Å². The van der Waals surface area contributed by atoms with Crippen LogP contribution in [0.5, 0.6) is 0 Å². The number of rotatable bonds is 6. The second-order valence-corrected chi connectivity index (χ2v) is 20.3. The second kappa shape index (κ2) is 15.4. The minimum absolute atomic E-state index is 0.105. The highest BCUT2D eigenvalue weighted by Gasteiger charge is 2.43. The van der Waals surface area contributed by atoms with Gasteiger partial charge in [0, 0.05) is 38.4 Å². The predicted octanol–water partition coefficient (Wildman–Crippen LogP) is 16.5. The molecule has 0 N–H and O–H groups in total. The van der Waals surface area contributed by atoms with Gasteiger partial charge < -0.3 is 4.57 Å². The summed E-state index contributed by atoms with van der Waals surface area (Å²) in [5.41, 5.74) is 15.7. The standard InChI is InChI=1S/C64H51N5/c1-40-39-63(2,3)59-48(24-16-26-52(59)64(40,4)5)44-31-29-41(30-32-44)42-33-35-46(36-34-42)68-53-27-13-11-22-50(53)57-55(68)37-38-56-58(57)51-23-12-14-28-54(51)69(56)62-66-60(45-18-7-6-8-19-45)65-61(67-62)49-25-15-20-43-17-9-10-21-47(43)49/h6-38,40H,39H2,1-5H3. The summed E-state index contributed by atoms with van der Waals surface area (Å²) in [4.78, 5) is 15.8. The molecule has 69 heavy (non-hydrogen) atoms. The third kappa shape index (κ3) is 6.40. The van der Waals surface area contributed by atoms with Crippen LogP contribution in [-0.4, -0.2) is 24.1 Å². The van der Waals surface area contributed by atoms with Gasteiger partial charge in [-0.15, -0.1) is 0 Å². The van der Waals surface area contributed by atoms with E-state index in [-0.39, 0.29) is 10.8 Å². The van der Waals surface area contributed by atoms with Gasteiger partial charge in [-0.05, 0) is 104 Å². The molecule has 1 atom stereocenters. The molecule has 1 aliphatic carbocycles. The van der Waals surface area contributed by atoms with Crippen LogP contribution in [0.15, 0.2) is 200 Å². The molecule has 1 aliphatic rings. The van der Waals surface area contributed by atoms with Crippen molar-refractivity contribution < 1.29 is 0 Å². The summed E-state index contributed by atoms with van der Waals surface area (Å²) in [5, 5.41) is 6.95. The van der Waals surface area contributed by atoms with Crippen molar-refractivity contribution in [3.63, 3.8) is 0 Å². The molecular formula is C64H51N5. The first-order valence-electron chi connectivity index (χ1n) is 24.2. The van der Waals surface area contributed by atoms with Crippen LogP contribution in [0.2, 0.25) is 0 Å². The Morgan fingerprint density at radius 1 is 0.420 bits per heavy atom. The highest BCUT2D eigenvalue weighted by molar-refractivity contribution is 6.28. The Kier molecular flexibility index (Phi) is 9.19. The van der Waals surface area contributed by atoms with Gasteiger partial charge >= 0.3 is 0 Å². The van der Waals surface area contributed by atoms with E-state index >= 15 is 0 Å². The lowest BCUT2D eigenvalue weighted by atomic mass is 9.57. The third-order valence-corrected chi connectivity index (χ3v) is 15.5. The molecular weight excluding hydrogens is 839 g/mol. The fraction of sp³-hybridized carbons (Fsp3) is 0.141. The van der Waals surface area contributed by atoms with Crippen molar-refractivity contribution in [1.29, 1.82) is 0 Å². The highest BCUT2D eigenvalue weighted by atomic mass is 15.2. The van der Waals surface area contributed by atoms with Gasteiger partial charge in [-0.2, -0.15) is 9.97 Å². The molecule has 1 unspecified atom stereocenters. The van der Waals surface area contributed by atoms with Crippen LogP contribution >= 0.6 is 0 Å². The Bertz CT molecular complexity index is 3980. The van der Waals surface area contributed by atoms with Crippen molar-refractivity contribution in [3.05, 3.63) is 211 Å². The van der Waals surface area contributed by atoms with E-state index in [1.807, 2.05) is 18.2 Å². The van der Waals surface area contributed by atoms with Crippen LogP contribution in [0.3, 0.4) is 0 Å². The van der Waals surface area contributed by atoms with Gasteiger partial charge in [0.15, 0.2) is 11.6 Å². The molecule has 0 saturated heterocycles. The quantitative estimate of drug-likeness (QED) is 0.167. The SMILES string of the molecule is CC1CC(C)(C)c2c(-c3ccc(-c4ccc(-n5c6ccccc6c6c7c8ccccc8n(-c8nc(-c9ccccc9)nc(-c9cccc%10ccccc9%10)n8)c7ccc65)cc4)cc3)cccc2C1(C)C. The van der Waals surface area contributed by atoms with Crippen molar-refractivity contribution in [3.8, 4) is 56.7 Å². The molecule has 3 aromatic heterocycles. The molecule has 0 bridgehead atoms. The number of aromatic nitrogens is 5. The Hall–Kier alpha value is -8.15. The Morgan fingerprint density at radius 3 is 1.67 bits per heavy atom. The van der Waals surface area contributed by atoms with Crippen molar-refractivity contribution >= 4 is 54.4 Å². The van der Waals surface area contributed by atoms with Crippen LogP contribution in [-0.2, 0) is 10.8 Å². The summed E-state index contributed by atoms with van der Waals surface area (Å²) in [6.45, 7) is 12.1. The van der Waals surface area contributed by atoms with E-state index in [1.54, 1.807) is 0 Å². The topological polar surface area (TPSA) is 48.5 Å². The lowest BCUT2D eigenvalue weighted by molar-refractivity contribution is 0.234. The summed E-state index contributed by atoms with van der Waals surface area (Å²) < 4.78 is 4.65. The fourth-order valence-corrected chi connectivity index (χ4v) is 11.8. The number of hydrogen-bond acceptors (Lipinski definition) is 3. The van der Waals surface area contributed by atoms with Gasteiger partial charge in [0.1, 0.15) is 0 Å². The number of hydrogen-bond donors (Lipinski definition) is 0. The summed E-state index contributed by atoms with van der Waals surface area (Å²) >= 11 is 0. The smallest absolute Gasteiger partial charge is 0.238 e. The molecule has 0 aliphatic heterocycles. The van der Waals surface area contributed by atoms with Crippen molar-refractivity contribution in [1.82, 2.24) is 24.1 Å². The molecule has 3 heterocycles. The number of fused-ring (bicyclic) bond motifs is 9. The first kappa shape index (κ1) is 41.1. The van der Waals surface area contributed by atoms with E-state index in [0.717, 1.165) is 55.0 Å². The Labute approximate surface area is 402 Å². The summed E-state index contributed by atoms with van der Waals surface area (Å²) in [6, 6.07) is 72.2. The van der Waals surface area contributed by atoms with Crippen LogP contribution < -0.4 is 0 Å². The van der Waals surface area contributed by atoms with E-state index in [2.05, 4.69) is 226 Å². The van der Waals surface area contributed by atoms with Gasteiger partial charge in [-0.3, -0.25) is 4.57 Å². The zero-order chi connectivity index (χ0) is 46.6. The lowest BCUT2D eigenvalue weighted by Gasteiger charge is -2.47. The molecule has 0 amide bonds. The largest absolute Gasteiger partial charge is 0.309 e. The summed E-state index contributed by atoms with van der Waals surface area (Å²) in [7, 11) is 0. The highest BCUT2D eigenvalue weighted by Crippen LogP contribution is 2.52. The van der Waals surface area contributed by atoms with Crippen molar-refractivity contribution in [2.24, 2.45) is 5.92 Å². The third-order valence-electron chi connectivity index (χ3n) is 15.5. The molecule has 0 saturated carbocycles. The van der Waals surface area contributed by atoms with E-state index in [1.165, 1.54) is 56.0 Å². The molecule has 9 aromatic carbocycles. The van der Waals surface area contributed by atoms with Gasteiger partial charge in [0.2, 0.25) is 5.95 Å². The fourth-order valence-electron chi connectivity index (χ4n) is 11.8. The molecule has 13 rings (SSSR count). The molecule has 12 aromatic rings. The average Bonchev–Trinajstić information content (AvgIpc) is 3.91. The lowest BCUT2D eigenvalue weighted by Crippen LogP contribution is -2.40. The normalized spacial score (nSPS) is 15.3. The number of benzene rings is 9. The zero-order valence-corrected chi connectivity index (χ0v) is 39.6. The van der Waals surface area contributed by atoms with E-state index in [4.69, 9.17) is 15.0 Å². The zero-order valence-electron chi connectivity index (χ0n) is 39.6. The van der Waals surface area contributed by atoms with E-state index in [0.29, 0.717) is 23.5 Å². The van der Waals surface area contributed by atoms with Crippen LogP contribution in [0, 0.1) is 5.92 Å². The van der Waals surface area contributed by atoms with E-state index in [9.17, 15) is 0 Å². The molecule has 0 fully saturated rings. The van der Waals surface area contributed by atoms with Crippen molar-refractivity contribution in [2.75, 3.05) is 0 Å². The Morgan fingerprint density at radius 2 is 0.957 bits per heavy atom. The van der Waals surface area contributed by atoms with Crippen molar-refractivity contribution in [2.45, 2.75) is 51.9 Å². The summed E-state index contributed by atoms with van der Waals surface area (Å²) in [5.74, 6) is 2.46. The first-order valence-corrected chi connectivity index (χ1v) is 24.2. The monoisotopic (exact) mass is 889 g/mol. The maximum Gasteiger partial charge on any atom is 0.238 e. The average molecular weight is 890 g/mol. The predicted molar refractivity (Wildman–Crippen MR) is 288 cm³/mol. The second-order valence-electron chi connectivity index (χ2n) is 20.3. The number of nitrogens with zero attached hydrogens (tertiary/aromatic N) is 5.